The van der Waals surface area contributed by atoms with Gasteiger partial charge in [-0.1, -0.05) is 6.92 Å². The van der Waals surface area contributed by atoms with E-state index >= 15 is 0 Å². The average Bonchev–Trinajstić information content (AvgIpc) is 2.42. The molecule has 0 unspecified atom stereocenters. The van der Waals surface area contributed by atoms with Crippen LogP contribution >= 0.6 is 0 Å². The predicted octanol–water partition coefficient (Wildman–Crippen LogP) is 4.02. The fourth-order valence-corrected chi connectivity index (χ4v) is 3.10. The predicted molar refractivity (Wildman–Crippen MR) is 74.1 cm³/mol. The molecule has 0 aromatic heterocycles. The normalized spacial score (nSPS) is 28.8. The third-order valence-electron chi connectivity index (χ3n) is 4.53. The first-order chi connectivity index (χ1) is 9.80. The second-order valence-corrected chi connectivity index (χ2v) is 6.10. The van der Waals surface area contributed by atoms with Gasteiger partial charge in [0.2, 0.25) is 5.91 Å². The molecule has 0 bridgehead atoms. The molecule has 2 N–H and O–H groups in total. The number of benzene rings is 1. The molecule has 1 aromatic carbocycles. The van der Waals surface area contributed by atoms with Crippen LogP contribution in [0.5, 0.6) is 0 Å². The molecule has 1 heterocycles. The Bertz CT molecular complexity index is 575. The molecule has 21 heavy (non-hydrogen) atoms. The molecule has 1 saturated carbocycles. The zero-order valence-corrected chi connectivity index (χ0v) is 11.7. The summed E-state index contributed by atoms with van der Waals surface area (Å²) < 4.78 is 38.1. The Morgan fingerprint density at radius 1 is 1.19 bits per heavy atom. The fourth-order valence-electron chi connectivity index (χ4n) is 3.10. The van der Waals surface area contributed by atoms with Gasteiger partial charge >= 0.3 is 6.18 Å². The van der Waals surface area contributed by atoms with Crippen molar-refractivity contribution in [1.82, 2.24) is 0 Å². The van der Waals surface area contributed by atoms with Crippen LogP contribution in [-0.2, 0) is 11.0 Å². The van der Waals surface area contributed by atoms with E-state index in [2.05, 4.69) is 17.6 Å². The lowest BCUT2D eigenvalue weighted by Gasteiger charge is -2.42. The fraction of sp³-hybridized carbons (Fsp3) is 0.533. The van der Waals surface area contributed by atoms with Crippen LogP contribution in [0.4, 0.5) is 24.5 Å². The SMILES string of the molecule is CC1CCC2(CC1)Nc1ccc(C(F)(F)F)cc1NC2=O. The molecule has 6 heteroatoms. The van der Waals surface area contributed by atoms with Gasteiger partial charge in [0.1, 0.15) is 5.54 Å². The minimum Gasteiger partial charge on any atom is -0.370 e. The molecular weight excluding hydrogens is 281 g/mol. The van der Waals surface area contributed by atoms with Gasteiger partial charge in [-0.25, -0.2) is 0 Å². The topological polar surface area (TPSA) is 41.1 Å². The van der Waals surface area contributed by atoms with Crippen molar-refractivity contribution >= 4 is 17.3 Å². The molecule has 1 aliphatic heterocycles. The number of rotatable bonds is 0. The number of carbonyl (C=O) groups excluding carboxylic acids is 1. The average molecular weight is 298 g/mol. The van der Waals surface area contributed by atoms with Crippen LogP contribution in [0.15, 0.2) is 18.2 Å². The van der Waals surface area contributed by atoms with Crippen LogP contribution in [0, 0.1) is 5.92 Å². The van der Waals surface area contributed by atoms with Crippen LogP contribution in [0.25, 0.3) is 0 Å². The quantitative estimate of drug-likeness (QED) is 0.759. The Labute approximate surface area is 120 Å². The lowest BCUT2D eigenvalue weighted by Crippen LogP contribution is -2.54. The van der Waals surface area contributed by atoms with Gasteiger partial charge in [-0.15, -0.1) is 0 Å². The number of anilines is 2. The van der Waals surface area contributed by atoms with Crippen molar-refractivity contribution in [3.05, 3.63) is 23.8 Å². The van der Waals surface area contributed by atoms with Crippen molar-refractivity contribution in [2.24, 2.45) is 5.92 Å². The molecule has 0 radical (unpaired) electrons. The summed E-state index contributed by atoms with van der Waals surface area (Å²) in [7, 11) is 0. The summed E-state index contributed by atoms with van der Waals surface area (Å²) in [5, 5.41) is 5.83. The van der Waals surface area contributed by atoms with Crippen LogP contribution in [0.1, 0.15) is 38.2 Å². The molecular formula is C15H17F3N2O. The first-order valence-electron chi connectivity index (χ1n) is 7.11. The third-order valence-corrected chi connectivity index (χ3v) is 4.53. The zero-order chi connectivity index (χ0) is 15.3. The highest BCUT2D eigenvalue weighted by atomic mass is 19.4. The van der Waals surface area contributed by atoms with Gasteiger partial charge in [-0.3, -0.25) is 4.79 Å². The highest BCUT2D eigenvalue weighted by molar-refractivity contribution is 6.06. The Morgan fingerprint density at radius 3 is 2.48 bits per heavy atom. The molecule has 0 saturated heterocycles. The summed E-state index contributed by atoms with van der Waals surface area (Å²) in [6.07, 6.45) is -1.11. The number of nitrogens with one attached hydrogen (secondary N) is 2. The zero-order valence-electron chi connectivity index (χ0n) is 11.7. The molecule has 1 spiro atoms. The number of hydrogen-bond acceptors (Lipinski definition) is 2. The molecule has 1 fully saturated rings. The minimum absolute atomic E-state index is 0.207. The lowest BCUT2D eigenvalue weighted by molar-refractivity contribution is -0.137. The molecule has 3 nitrogen and oxygen atoms in total. The standard InChI is InChI=1S/C15H17F3N2O/c1-9-4-6-14(7-5-9)13(21)19-12-8-10(15(16,17)18)2-3-11(12)20-14/h2-3,8-9,20H,4-7H2,1H3,(H,19,21). The van der Waals surface area contributed by atoms with E-state index in [1.54, 1.807) is 0 Å². The summed E-state index contributed by atoms with van der Waals surface area (Å²) in [4.78, 5) is 12.3. The third kappa shape index (κ3) is 2.47. The van der Waals surface area contributed by atoms with E-state index in [4.69, 9.17) is 0 Å². The largest absolute Gasteiger partial charge is 0.416 e. The second-order valence-electron chi connectivity index (χ2n) is 6.10. The van der Waals surface area contributed by atoms with Gasteiger partial charge in [0.25, 0.3) is 0 Å². The van der Waals surface area contributed by atoms with E-state index in [9.17, 15) is 18.0 Å². The van der Waals surface area contributed by atoms with Gasteiger partial charge in [0.15, 0.2) is 0 Å². The number of hydrogen-bond donors (Lipinski definition) is 2. The van der Waals surface area contributed by atoms with Crippen molar-refractivity contribution in [1.29, 1.82) is 0 Å². The molecule has 1 aliphatic carbocycles. The molecule has 1 amide bonds. The summed E-state index contributed by atoms with van der Waals surface area (Å²) >= 11 is 0. The summed E-state index contributed by atoms with van der Waals surface area (Å²) in [6, 6.07) is 3.43. The number of halogens is 3. The number of amides is 1. The van der Waals surface area contributed by atoms with E-state index < -0.39 is 17.3 Å². The maximum atomic E-state index is 12.7. The van der Waals surface area contributed by atoms with Crippen LogP contribution < -0.4 is 10.6 Å². The molecule has 3 rings (SSSR count). The van der Waals surface area contributed by atoms with Gasteiger partial charge < -0.3 is 10.6 Å². The molecule has 1 aromatic rings. The van der Waals surface area contributed by atoms with Crippen molar-refractivity contribution < 1.29 is 18.0 Å². The first-order valence-corrected chi connectivity index (χ1v) is 7.11. The van der Waals surface area contributed by atoms with Gasteiger partial charge in [0.05, 0.1) is 16.9 Å². The Balaban J connectivity index is 1.91. The lowest BCUT2D eigenvalue weighted by atomic mass is 9.75. The summed E-state index contributed by atoms with van der Waals surface area (Å²) in [6.45, 7) is 2.15. The number of carbonyl (C=O) groups is 1. The van der Waals surface area contributed by atoms with Crippen LogP contribution in [0.2, 0.25) is 0 Å². The maximum Gasteiger partial charge on any atom is 0.416 e. The van der Waals surface area contributed by atoms with E-state index in [0.717, 1.165) is 25.0 Å². The number of alkyl halides is 3. The smallest absolute Gasteiger partial charge is 0.370 e. The molecule has 0 atom stereocenters. The molecule has 2 aliphatic rings. The van der Waals surface area contributed by atoms with Crippen molar-refractivity contribution in [2.75, 3.05) is 10.6 Å². The van der Waals surface area contributed by atoms with Crippen LogP contribution in [-0.4, -0.2) is 11.4 Å². The Morgan fingerprint density at radius 2 is 1.86 bits per heavy atom. The van der Waals surface area contributed by atoms with E-state index in [1.807, 2.05) is 0 Å². The summed E-state index contributed by atoms with van der Waals surface area (Å²) in [5.74, 6) is 0.362. The number of fused-ring (bicyclic) bond motifs is 1. The van der Waals surface area contributed by atoms with Gasteiger partial charge in [0, 0.05) is 0 Å². The second kappa shape index (κ2) is 4.64. The van der Waals surface area contributed by atoms with Crippen molar-refractivity contribution in [3.63, 3.8) is 0 Å². The monoisotopic (exact) mass is 298 g/mol. The van der Waals surface area contributed by atoms with Gasteiger partial charge in [-0.05, 0) is 49.8 Å². The maximum absolute atomic E-state index is 12.7. The minimum atomic E-state index is -4.41. The van der Waals surface area contributed by atoms with E-state index in [-0.39, 0.29) is 11.6 Å². The van der Waals surface area contributed by atoms with Crippen molar-refractivity contribution in [3.8, 4) is 0 Å². The van der Waals surface area contributed by atoms with Crippen molar-refractivity contribution in [2.45, 2.75) is 44.3 Å². The van der Waals surface area contributed by atoms with Gasteiger partial charge in [-0.2, -0.15) is 13.2 Å². The van der Waals surface area contributed by atoms with Crippen LogP contribution in [0.3, 0.4) is 0 Å². The first kappa shape index (κ1) is 14.2. The van der Waals surface area contributed by atoms with E-state index in [1.165, 1.54) is 6.07 Å². The highest BCUT2D eigenvalue weighted by Crippen LogP contribution is 2.42. The summed E-state index contributed by atoms with van der Waals surface area (Å²) in [5.41, 5.74) is -0.646. The Hall–Kier alpha value is -1.72. The van der Waals surface area contributed by atoms with E-state index in [0.29, 0.717) is 24.4 Å². The molecule has 114 valence electrons. The Kier molecular flexibility index (Phi) is 3.15. The highest BCUT2D eigenvalue weighted by Gasteiger charge is 2.44.